The molecule has 0 aliphatic carbocycles. The Bertz CT molecular complexity index is 858. The molecule has 1 aliphatic heterocycles. The van der Waals surface area contributed by atoms with Crippen molar-refractivity contribution in [1.29, 1.82) is 5.26 Å². The van der Waals surface area contributed by atoms with Gasteiger partial charge in [-0.1, -0.05) is 18.2 Å². The molecule has 0 radical (unpaired) electrons. The molecule has 0 saturated carbocycles. The lowest BCUT2D eigenvalue weighted by Gasteiger charge is -2.44. The van der Waals surface area contributed by atoms with Crippen LogP contribution in [0.25, 0.3) is 0 Å². The molecule has 1 heterocycles. The Hall–Kier alpha value is -3.04. The Labute approximate surface area is 151 Å². The number of ether oxygens (including phenoxy) is 1. The van der Waals surface area contributed by atoms with Crippen LogP contribution in [0.15, 0.2) is 48.5 Å². The molecule has 0 amide bonds. The molecular formula is C20H20N2O4. The number of fused-ring (bicyclic) bond motifs is 1. The maximum atomic E-state index is 12.0. The first-order valence-corrected chi connectivity index (χ1v) is 8.29. The second-order valence-electron chi connectivity index (χ2n) is 6.87. The summed E-state index contributed by atoms with van der Waals surface area (Å²) in [4.78, 5) is 12.0. The summed E-state index contributed by atoms with van der Waals surface area (Å²) in [6, 6.07) is 14.8. The smallest absolute Gasteiger partial charge is 0.326 e. The molecule has 1 unspecified atom stereocenters. The summed E-state index contributed by atoms with van der Waals surface area (Å²) in [6.07, 6.45) is -1.08. The van der Waals surface area contributed by atoms with Gasteiger partial charge in [0.05, 0.1) is 11.6 Å². The molecule has 2 aromatic rings. The first-order valence-electron chi connectivity index (χ1n) is 8.29. The van der Waals surface area contributed by atoms with Gasteiger partial charge in [-0.3, -0.25) is 0 Å². The molecule has 3 N–H and O–H groups in total. The van der Waals surface area contributed by atoms with Crippen molar-refractivity contribution >= 4 is 11.7 Å². The summed E-state index contributed by atoms with van der Waals surface area (Å²) >= 11 is 0. The number of nitrogens with one attached hydrogen (secondary N) is 1. The number of carbonyl (C=O) groups is 1. The second-order valence-corrected chi connectivity index (χ2v) is 6.87. The number of anilines is 1. The molecule has 0 saturated heterocycles. The van der Waals surface area contributed by atoms with Gasteiger partial charge in [-0.15, -0.1) is 0 Å². The number of para-hydroxylation sites is 1. The highest BCUT2D eigenvalue weighted by atomic mass is 16.5. The Balaban J connectivity index is 2.10. The lowest BCUT2D eigenvalue weighted by Crippen LogP contribution is -2.54. The van der Waals surface area contributed by atoms with Crippen LogP contribution in [-0.4, -0.2) is 33.9 Å². The minimum Gasteiger partial charge on any atom is -0.485 e. The summed E-state index contributed by atoms with van der Waals surface area (Å²) in [5.41, 5.74) is 0.548. The van der Waals surface area contributed by atoms with Gasteiger partial charge in [-0.25, -0.2) is 4.79 Å². The van der Waals surface area contributed by atoms with Gasteiger partial charge in [0.2, 0.25) is 0 Å². The third-order valence-electron chi connectivity index (χ3n) is 4.64. The molecule has 134 valence electrons. The molecule has 0 bridgehead atoms. The first kappa shape index (κ1) is 17.8. The van der Waals surface area contributed by atoms with E-state index in [9.17, 15) is 20.3 Å². The van der Waals surface area contributed by atoms with Crippen LogP contribution in [0, 0.1) is 11.3 Å². The van der Waals surface area contributed by atoms with Gasteiger partial charge in [0.15, 0.2) is 0 Å². The highest BCUT2D eigenvalue weighted by Crippen LogP contribution is 2.43. The van der Waals surface area contributed by atoms with E-state index in [4.69, 9.17) is 4.74 Å². The lowest BCUT2D eigenvalue weighted by atomic mass is 9.76. The molecule has 0 aromatic heterocycles. The first-order chi connectivity index (χ1) is 12.3. The average Bonchev–Trinajstić information content (AvgIpc) is 2.61. The molecule has 3 atom stereocenters. The number of benzene rings is 2. The Morgan fingerprint density at radius 1 is 1.27 bits per heavy atom. The quantitative estimate of drug-likeness (QED) is 0.782. The fraction of sp³-hybridized carbons (Fsp3) is 0.300. The van der Waals surface area contributed by atoms with Crippen molar-refractivity contribution in [3.63, 3.8) is 0 Å². The molecule has 0 fully saturated rings. The molecule has 3 rings (SSSR count). The van der Waals surface area contributed by atoms with E-state index in [1.54, 1.807) is 56.3 Å². The van der Waals surface area contributed by atoms with Gasteiger partial charge in [0.1, 0.15) is 23.5 Å². The van der Waals surface area contributed by atoms with Gasteiger partial charge >= 0.3 is 5.97 Å². The summed E-state index contributed by atoms with van der Waals surface area (Å²) in [5, 5.41) is 32.9. The molecule has 26 heavy (non-hydrogen) atoms. The van der Waals surface area contributed by atoms with Crippen molar-refractivity contribution in [2.24, 2.45) is 0 Å². The predicted molar refractivity (Wildman–Crippen MR) is 96.1 cm³/mol. The maximum absolute atomic E-state index is 12.0. The van der Waals surface area contributed by atoms with E-state index in [2.05, 4.69) is 5.32 Å². The third kappa shape index (κ3) is 3.22. The fourth-order valence-electron chi connectivity index (χ4n) is 3.30. The van der Waals surface area contributed by atoms with E-state index in [0.29, 0.717) is 22.6 Å². The van der Waals surface area contributed by atoms with E-state index < -0.39 is 29.6 Å². The van der Waals surface area contributed by atoms with Crippen LogP contribution in [0.5, 0.6) is 5.75 Å². The molecule has 2 aromatic carbocycles. The molecule has 1 aliphatic rings. The summed E-state index contributed by atoms with van der Waals surface area (Å²) in [5.74, 6) is -1.41. The summed E-state index contributed by atoms with van der Waals surface area (Å²) < 4.78 is 5.86. The largest absolute Gasteiger partial charge is 0.485 e. The lowest BCUT2D eigenvalue weighted by molar-refractivity contribution is -0.141. The zero-order chi connectivity index (χ0) is 18.9. The second kappa shape index (κ2) is 6.70. The highest BCUT2D eigenvalue weighted by Gasteiger charge is 2.48. The van der Waals surface area contributed by atoms with Crippen LogP contribution in [0.1, 0.15) is 30.9 Å². The number of nitrogens with zero attached hydrogens (tertiary/aromatic N) is 1. The standard InChI is InChI=1S/C20H20N2O4/c1-20(2)18(23)16(14-10-12(11-21)8-9-15(14)26-20)17(19(24)25)22-13-6-4-3-5-7-13/h3-10,16-18,22-23H,1-2H3,(H,24,25)/t16-,17?,18-/m0/s1. The van der Waals surface area contributed by atoms with E-state index in [0.717, 1.165) is 0 Å². The maximum Gasteiger partial charge on any atom is 0.326 e. The topological polar surface area (TPSA) is 103 Å². The van der Waals surface area contributed by atoms with Crippen LogP contribution >= 0.6 is 0 Å². The molecule has 6 heteroatoms. The Morgan fingerprint density at radius 3 is 2.58 bits per heavy atom. The van der Waals surface area contributed by atoms with Gasteiger partial charge in [0, 0.05) is 17.2 Å². The van der Waals surface area contributed by atoms with Gasteiger partial charge < -0.3 is 20.3 Å². The minimum atomic E-state index is -1.09. The Morgan fingerprint density at radius 2 is 1.96 bits per heavy atom. The predicted octanol–water partition coefficient (Wildman–Crippen LogP) is 2.74. The van der Waals surface area contributed by atoms with Gasteiger partial charge in [-0.2, -0.15) is 5.26 Å². The van der Waals surface area contributed by atoms with Crippen molar-refractivity contribution in [3.8, 4) is 11.8 Å². The van der Waals surface area contributed by atoms with E-state index in [-0.39, 0.29) is 0 Å². The molecular weight excluding hydrogens is 332 g/mol. The number of aliphatic hydroxyl groups excluding tert-OH is 1. The minimum absolute atomic E-state index is 0.383. The zero-order valence-electron chi connectivity index (χ0n) is 14.5. The Kier molecular flexibility index (Phi) is 4.58. The number of hydrogen-bond donors (Lipinski definition) is 3. The monoisotopic (exact) mass is 352 g/mol. The fourth-order valence-corrected chi connectivity index (χ4v) is 3.30. The SMILES string of the molecule is CC1(C)Oc2ccc(C#N)cc2[C@@H](C(Nc2ccccc2)C(=O)O)[C@@H]1O. The number of hydrogen-bond acceptors (Lipinski definition) is 5. The molecule has 6 nitrogen and oxygen atoms in total. The number of aliphatic carboxylic acids is 1. The van der Waals surface area contributed by atoms with Crippen molar-refractivity contribution in [1.82, 2.24) is 0 Å². The zero-order valence-corrected chi connectivity index (χ0v) is 14.5. The van der Waals surface area contributed by atoms with E-state index in [1.807, 2.05) is 12.1 Å². The van der Waals surface area contributed by atoms with Gasteiger partial charge in [-0.05, 0) is 44.2 Å². The van der Waals surface area contributed by atoms with E-state index in [1.165, 1.54) is 0 Å². The van der Waals surface area contributed by atoms with Crippen LogP contribution in [0.4, 0.5) is 5.69 Å². The van der Waals surface area contributed by atoms with Crippen LogP contribution < -0.4 is 10.1 Å². The van der Waals surface area contributed by atoms with Crippen LogP contribution in [0.2, 0.25) is 0 Å². The summed E-state index contributed by atoms with van der Waals surface area (Å²) in [6.45, 7) is 3.43. The number of aliphatic hydroxyl groups is 1. The van der Waals surface area contributed by atoms with Crippen LogP contribution in [0.3, 0.4) is 0 Å². The van der Waals surface area contributed by atoms with E-state index >= 15 is 0 Å². The number of nitriles is 1. The molecule has 0 spiro atoms. The van der Waals surface area contributed by atoms with Crippen molar-refractivity contribution in [2.45, 2.75) is 37.5 Å². The van der Waals surface area contributed by atoms with Crippen molar-refractivity contribution < 1.29 is 19.7 Å². The normalized spacial score (nSPS) is 21.6. The highest BCUT2D eigenvalue weighted by molar-refractivity contribution is 5.79. The van der Waals surface area contributed by atoms with Crippen molar-refractivity contribution in [3.05, 3.63) is 59.7 Å². The van der Waals surface area contributed by atoms with Crippen molar-refractivity contribution in [2.75, 3.05) is 5.32 Å². The van der Waals surface area contributed by atoms with Gasteiger partial charge in [0.25, 0.3) is 0 Å². The third-order valence-corrected chi connectivity index (χ3v) is 4.64. The number of carboxylic acid groups (broad SMARTS) is 1. The van der Waals surface area contributed by atoms with Crippen LogP contribution in [-0.2, 0) is 4.79 Å². The number of rotatable bonds is 4. The average molecular weight is 352 g/mol. The number of carboxylic acids is 1. The summed E-state index contributed by atoms with van der Waals surface area (Å²) in [7, 11) is 0.